The van der Waals surface area contributed by atoms with Gasteiger partial charge in [-0.2, -0.15) is 0 Å². The van der Waals surface area contributed by atoms with Crippen molar-refractivity contribution in [3.8, 4) is 11.6 Å². The first-order valence-corrected chi connectivity index (χ1v) is 7.02. The van der Waals surface area contributed by atoms with E-state index in [0.29, 0.717) is 5.88 Å². The molecule has 0 atom stereocenters. The van der Waals surface area contributed by atoms with E-state index in [1.165, 1.54) is 0 Å². The fourth-order valence-corrected chi connectivity index (χ4v) is 2.30. The lowest BCUT2D eigenvalue weighted by Gasteiger charge is -2.10. The van der Waals surface area contributed by atoms with Gasteiger partial charge in [-0.25, -0.2) is 4.98 Å². The van der Waals surface area contributed by atoms with Gasteiger partial charge >= 0.3 is 0 Å². The molecular formula is C16H13BrN2O. The Morgan fingerprint density at radius 1 is 1.00 bits per heavy atom. The van der Waals surface area contributed by atoms with Crippen LogP contribution in [0.25, 0.3) is 10.8 Å². The molecule has 4 heteroatoms. The molecule has 0 unspecified atom stereocenters. The van der Waals surface area contributed by atoms with Crippen LogP contribution >= 0.6 is 15.9 Å². The monoisotopic (exact) mass is 328 g/mol. The smallest absolute Gasteiger partial charge is 0.219 e. The lowest BCUT2D eigenvalue weighted by molar-refractivity contribution is 0.466. The largest absolute Gasteiger partial charge is 0.438 e. The molecule has 100 valence electrons. The van der Waals surface area contributed by atoms with E-state index in [0.717, 1.165) is 32.4 Å². The molecule has 0 saturated carbocycles. The molecule has 3 aromatic rings. The summed E-state index contributed by atoms with van der Waals surface area (Å²) < 4.78 is 6.86. The van der Waals surface area contributed by atoms with Crippen molar-refractivity contribution in [1.82, 2.24) is 4.98 Å². The number of rotatable bonds is 2. The maximum absolute atomic E-state index is 5.99. The third-order valence-corrected chi connectivity index (χ3v) is 3.97. The van der Waals surface area contributed by atoms with Gasteiger partial charge in [0.2, 0.25) is 5.88 Å². The average Bonchev–Trinajstić information content (AvgIpc) is 2.46. The van der Waals surface area contributed by atoms with E-state index in [4.69, 9.17) is 10.5 Å². The van der Waals surface area contributed by atoms with Gasteiger partial charge in [0.25, 0.3) is 0 Å². The normalized spacial score (nSPS) is 10.7. The van der Waals surface area contributed by atoms with E-state index in [9.17, 15) is 0 Å². The van der Waals surface area contributed by atoms with Crippen molar-refractivity contribution in [2.75, 3.05) is 5.73 Å². The van der Waals surface area contributed by atoms with E-state index >= 15 is 0 Å². The van der Waals surface area contributed by atoms with Gasteiger partial charge in [-0.15, -0.1) is 0 Å². The van der Waals surface area contributed by atoms with Crippen molar-refractivity contribution in [3.05, 3.63) is 58.7 Å². The Hall–Kier alpha value is -2.07. The van der Waals surface area contributed by atoms with Crippen LogP contribution in [0.15, 0.2) is 53.0 Å². The number of ether oxygens (including phenoxy) is 1. The number of nitrogen functional groups attached to an aromatic ring is 1. The van der Waals surface area contributed by atoms with Gasteiger partial charge < -0.3 is 10.5 Å². The predicted octanol–water partition coefficient (Wildman–Crippen LogP) is 4.68. The SMILES string of the molecule is Cc1nc(Oc2ccc(N)c3ccccc23)ccc1Br. The predicted molar refractivity (Wildman–Crippen MR) is 85.1 cm³/mol. The second-order valence-corrected chi connectivity index (χ2v) is 5.37. The van der Waals surface area contributed by atoms with Crippen molar-refractivity contribution in [3.63, 3.8) is 0 Å². The van der Waals surface area contributed by atoms with Gasteiger partial charge in [-0.1, -0.05) is 24.3 Å². The molecule has 1 aromatic heterocycles. The fourth-order valence-electron chi connectivity index (χ4n) is 2.07. The molecule has 0 aliphatic carbocycles. The Morgan fingerprint density at radius 2 is 1.75 bits per heavy atom. The number of hydrogen-bond donors (Lipinski definition) is 1. The van der Waals surface area contributed by atoms with Crippen LogP contribution in [0.2, 0.25) is 0 Å². The highest BCUT2D eigenvalue weighted by molar-refractivity contribution is 9.10. The van der Waals surface area contributed by atoms with Crippen LogP contribution in [-0.4, -0.2) is 4.98 Å². The number of anilines is 1. The number of hydrogen-bond acceptors (Lipinski definition) is 3. The molecule has 0 aliphatic rings. The van der Waals surface area contributed by atoms with E-state index in [2.05, 4.69) is 20.9 Å². The molecule has 0 amide bonds. The Bertz CT molecular complexity index is 787. The van der Waals surface area contributed by atoms with Crippen molar-refractivity contribution < 1.29 is 4.74 Å². The Kier molecular flexibility index (Phi) is 3.32. The maximum Gasteiger partial charge on any atom is 0.219 e. The second-order valence-electron chi connectivity index (χ2n) is 4.52. The zero-order chi connectivity index (χ0) is 14.1. The Morgan fingerprint density at radius 3 is 2.50 bits per heavy atom. The number of aromatic nitrogens is 1. The van der Waals surface area contributed by atoms with Gasteiger partial charge in [0.1, 0.15) is 5.75 Å². The minimum Gasteiger partial charge on any atom is -0.438 e. The van der Waals surface area contributed by atoms with Gasteiger partial charge in [0.15, 0.2) is 0 Å². The van der Waals surface area contributed by atoms with E-state index in [-0.39, 0.29) is 0 Å². The number of fused-ring (bicyclic) bond motifs is 1. The lowest BCUT2D eigenvalue weighted by Crippen LogP contribution is -1.93. The molecule has 2 aromatic carbocycles. The summed E-state index contributed by atoms with van der Waals surface area (Å²) in [5, 5.41) is 1.97. The topological polar surface area (TPSA) is 48.1 Å². The van der Waals surface area contributed by atoms with E-state index in [1.807, 2.05) is 55.5 Å². The molecule has 0 fully saturated rings. The molecule has 3 nitrogen and oxygen atoms in total. The summed E-state index contributed by atoms with van der Waals surface area (Å²) in [7, 11) is 0. The zero-order valence-corrected chi connectivity index (χ0v) is 12.5. The third kappa shape index (κ3) is 2.34. The van der Waals surface area contributed by atoms with Crippen molar-refractivity contribution in [1.29, 1.82) is 0 Å². The van der Waals surface area contributed by atoms with Crippen molar-refractivity contribution in [2.24, 2.45) is 0 Å². The van der Waals surface area contributed by atoms with E-state index < -0.39 is 0 Å². The first-order valence-electron chi connectivity index (χ1n) is 6.23. The minimum absolute atomic E-state index is 0.570. The first-order chi connectivity index (χ1) is 9.65. The molecule has 1 heterocycles. The highest BCUT2D eigenvalue weighted by Gasteiger charge is 2.07. The lowest BCUT2D eigenvalue weighted by atomic mass is 10.1. The summed E-state index contributed by atoms with van der Waals surface area (Å²) in [6.45, 7) is 1.93. The fraction of sp³-hybridized carbons (Fsp3) is 0.0625. The molecule has 3 rings (SSSR count). The first kappa shape index (κ1) is 12.9. The Balaban J connectivity index is 2.06. The highest BCUT2D eigenvalue weighted by atomic mass is 79.9. The second kappa shape index (κ2) is 5.13. The minimum atomic E-state index is 0.570. The summed E-state index contributed by atoms with van der Waals surface area (Å²) in [5.41, 5.74) is 7.62. The summed E-state index contributed by atoms with van der Waals surface area (Å²) >= 11 is 3.43. The zero-order valence-electron chi connectivity index (χ0n) is 10.9. The van der Waals surface area contributed by atoms with Gasteiger partial charge in [0, 0.05) is 27.0 Å². The summed E-state index contributed by atoms with van der Waals surface area (Å²) in [4.78, 5) is 4.40. The van der Waals surface area contributed by atoms with Gasteiger partial charge in [-0.3, -0.25) is 0 Å². The molecule has 20 heavy (non-hydrogen) atoms. The van der Waals surface area contributed by atoms with Crippen LogP contribution in [-0.2, 0) is 0 Å². The summed E-state index contributed by atoms with van der Waals surface area (Å²) in [6.07, 6.45) is 0. The summed E-state index contributed by atoms with van der Waals surface area (Å²) in [6, 6.07) is 15.4. The molecule has 0 aliphatic heterocycles. The standard InChI is InChI=1S/C16H13BrN2O/c1-10-13(17)6-9-16(19-10)20-15-8-7-14(18)11-4-2-3-5-12(11)15/h2-9H,18H2,1H3. The quantitative estimate of drug-likeness (QED) is 0.695. The van der Waals surface area contributed by atoms with E-state index in [1.54, 1.807) is 0 Å². The maximum atomic E-state index is 5.99. The molecule has 0 saturated heterocycles. The van der Waals surface area contributed by atoms with Crippen LogP contribution in [0.1, 0.15) is 5.69 Å². The van der Waals surface area contributed by atoms with Crippen molar-refractivity contribution in [2.45, 2.75) is 6.92 Å². The number of halogens is 1. The molecule has 0 spiro atoms. The number of pyridine rings is 1. The van der Waals surface area contributed by atoms with Gasteiger partial charge in [-0.05, 0) is 41.1 Å². The third-order valence-electron chi connectivity index (χ3n) is 3.13. The molecule has 0 bridgehead atoms. The van der Waals surface area contributed by atoms with Crippen LogP contribution in [0.3, 0.4) is 0 Å². The number of nitrogens with zero attached hydrogens (tertiary/aromatic N) is 1. The molecule has 0 radical (unpaired) electrons. The van der Waals surface area contributed by atoms with Crippen molar-refractivity contribution >= 4 is 32.4 Å². The molecule has 2 N–H and O–H groups in total. The van der Waals surface area contributed by atoms with Crippen LogP contribution < -0.4 is 10.5 Å². The number of aryl methyl sites for hydroxylation is 1. The van der Waals surface area contributed by atoms with Crippen LogP contribution in [0, 0.1) is 6.92 Å². The molecular weight excluding hydrogens is 316 g/mol. The Labute approximate surface area is 125 Å². The number of nitrogens with two attached hydrogens (primary N) is 1. The number of benzene rings is 2. The summed E-state index contributed by atoms with van der Waals surface area (Å²) in [5.74, 6) is 1.32. The van der Waals surface area contributed by atoms with Gasteiger partial charge in [0.05, 0.1) is 5.69 Å². The van der Waals surface area contributed by atoms with Crippen LogP contribution in [0.4, 0.5) is 5.69 Å². The van der Waals surface area contributed by atoms with Crippen LogP contribution in [0.5, 0.6) is 11.6 Å². The average molecular weight is 329 g/mol. The highest BCUT2D eigenvalue weighted by Crippen LogP contribution is 2.33.